The van der Waals surface area contributed by atoms with Gasteiger partial charge in [0.15, 0.2) is 0 Å². The number of nitrogens with one attached hydrogen (secondary N) is 1. The minimum absolute atomic E-state index is 0.449. The van der Waals surface area contributed by atoms with E-state index < -0.39 is 0 Å². The first-order valence-corrected chi connectivity index (χ1v) is 4.00. The molecule has 0 aromatic carbocycles. The number of rotatable bonds is 3. The van der Waals surface area contributed by atoms with Crippen LogP contribution in [0.5, 0.6) is 0 Å². The Morgan fingerprint density at radius 3 is 2.67 bits per heavy atom. The summed E-state index contributed by atoms with van der Waals surface area (Å²) < 4.78 is 0. The Morgan fingerprint density at radius 1 is 1.42 bits per heavy atom. The zero-order valence-electron chi connectivity index (χ0n) is 7.41. The number of hydrogen-bond acceptors (Lipinski definition) is 4. The minimum atomic E-state index is 0.449. The van der Waals surface area contributed by atoms with Gasteiger partial charge in [0, 0.05) is 6.54 Å². The van der Waals surface area contributed by atoms with E-state index in [0.29, 0.717) is 11.7 Å². The van der Waals surface area contributed by atoms with Crippen molar-refractivity contribution in [2.45, 2.75) is 13.8 Å². The second-order valence-electron chi connectivity index (χ2n) is 3.10. The van der Waals surface area contributed by atoms with E-state index in [0.717, 1.165) is 12.4 Å². The molecular formula is C8H14N4. The Labute approximate surface area is 72.2 Å². The molecule has 1 heterocycles. The molecule has 3 N–H and O–H groups in total. The molecule has 66 valence electrons. The maximum Gasteiger partial charge on any atom is 0.144 e. The lowest BCUT2D eigenvalue weighted by molar-refractivity contribution is 0.686. The molecule has 0 amide bonds. The fraction of sp³-hybridized carbons (Fsp3) is 0.500. The highest BCUT2D eigenvalue weighted by atomic mass is 15.0. The number of nitrogens with zero attached hydrogens (tertiary/aromatic N) is 2. The van der Waals surface area contributed by atoms with Crippen LogP contribution in [0.25, 0.3) is 0 Å². The van der Waals surface area contributed by atoms with Crippen LogP contribution in [-0.2, 0) is 0 Å². The number of aromatic nitrogens is 2. The van der Waals surface area contributed by atoms with Crippen molar-refractivity contribution in [1.82, 2.24) is 9.97 Å². The van der Waals surface area contributed by atoms with Crippen LogP contribution in [0.2, 0.25) is 0 Å². The van der Waals surface area contributed by atoms with Crippen LogP contribution in [0.4, 0.5) is 11.6 Å². The summed E-state index contributed by atoms with van der Waals surface area (Å²) in [6.07, 6.45) is 3.18. The lowest BCUT2D eigenvalue weighted by Crippen LogP contribution is -2.09. The van der Waals surface area contributed by atoms with E-state index in [1.807, 2.05) is 0 Å². The quantitative estimate of drug-likeness (QED) is 0.706. The Kier molecular flexibility index (Phi) is 2.85. The van der Waals surface area contributed by atoms with Crippen molar-refractivity contribution in [2.24, 2.45) is 5.92 Å². The van der Waals surface area contributed by atoms with Crippen molar-refractivity contribution in [1.29, 1.82) is 0 Å². The summed E-state index contributed by atoms with van der Waals surface area (Å²) in [4.78, 5) is 7.96. The normalized spacial score (nSPS) is 10.2. The molecule has 12 heavy (non-hydrogen) atoms. The predicted molar refractivity (Wildman–Crippen MR) is 49.8 cm³/mol. The Morgan fingerprint density at radius 2 is 2.17 bits per heavy atom. The summed E-state index contributed by atoms with van der Waals surface area (Å²) in [7, 11) is 0. The van der Waals surface area contributed by atoms with Gasteiger partial charge < -0.3 is 11.1 Å². The van der Waals surface area contributed by atoms with Crippen molar-refractivity contribution in [3.05, 3.63) is 12.4 Å². The molecular weight excluding hydrogens is 152 g/mol. The molecule has 0 saturated heterocycles. The minimum Gasteiger partial charge on any atom is -0.382 e. The van der Waals surface area contributed by atoms with Crippen molar-refractivity contribution < 1.29 is 0 Å². The van der Waals surface area contributed by atoms with Gasteiger partial charge in [0.05, 0.1) is 12.4 Å². The van der Waals surface area contributed by atoms with E-state index in [-0.39, 0.29) is 0 Å². The molecule has 0 radical (unpaired) electrons. The summed E-state index contributed by atoms with van der Waals surface area (Å²) in [5, 5.41) is 3.14. The Hall–Kier alpha value is -1.32. The van der Waals surface area contributed by atoms with Crippen LogP contribution in [-0.4, -0.2) is 16.5 Å². The maximum atomic E-state index is 5.38. The molecule has 1 aromatic heterocycles. The summed E-state index contributed by atoms with van der Waals surface area (Å²) in [6.45, 7) is 5.17. The molecule has 0 bridgehead atoms. The zero-order chi connectivity index (χ0) is 8.97. The Bertz CT molecular complexity index is 229. The fourth-order valence-corrected chi connectivity index (χ4v) is 0.738. The molecule has 0 aliphatic heterocycles. The average Bonchev–Trinajstić information content (AvgIpc) is 2.03. The fourth-order valence-electron chi connectivity index (χ4n) is 0.738. The molecule has 1 aromatic rings. The summed E-state index contributed by atoms with van der Waals surface area (Å²) in [5.74, 6) is 1.83. The van der Waals surface area contributed by atoms with Crippen molar-refractivity contribution in [2.75, 3.05) is 17.6 Å². The van der Waals surface area contributed by atoms with Gasteiger partial charge >= 0.3 is 0 Å². The van der Waals surface area contributed by atoms with E-state index in [1.165, 1.54) is 0 Å². The summed E-state index contributed by atoms with van der Waals surface area (Å²) in [5.41, 5.74) is 5.38. The third-order valence-electron chi connectivity index (χ3n) is 1.36. The molecule has 0 aliphatic carbocycles. The SMILES string of the molecule is CC(C)CNc1cnc(N)cn1. The van der Waals surface area contributed by atoms with Crippen LogP contribution in [0, 0.1) is 5.92 Å². The van der Waals surface area contributed by atoms with Crippen LogP contribution >= 0.6 is 0 Å². The predicted octanol–water partition coefficient (Wildman–Crippen LogP) is 1.13. The molecule has 4 heteroatoms. The van der Waals surface area contributed by atoms with Crippen LogP contribution in [0.1, 0.15) is 13.8 Å². The third kappa shape index (κ3) is 2.74. The molecule has 0 atom stereocenters. The highest BCUT2D eigenvalue weighted by Gasteiger charge is 1.95. The molecule has 0 aliphatic rings. The third-order valence-corrected chi connectivity index (χ3v) is 1.36. The van der Waals surface area contributed by atoms with Crippen LogP contribution in [0.3, 0.4) is 0 Å². The van der Waals surface area contributed by atoms with Crippen LogP contribution in [0.15, 0.2) is 12.4 Å². The maximum absolute atomic E-state index is 5.38. The van der Waals surface area contributed by atoms with E-state index in [4.69, 9.17) is 5.73 Å². The second kappa shape index (κ2) is 3.90. The lowest BCUT2D eigenvalue weighted by Gasteiger charge is -2.06. The Balaban J connectivity index is 2.48. The van der Waals surface area contributed by atoms with Crippen molar-refractivity contribution >= 4 is 11.6 Å². The average molecular weight is 166 g/mol. The molecule has 0 unspecified atom stereocenters. The highest BCUT2D eigenvalue weighted by molar-refractivity contribution is 5.35. The summed E-state index contributed by atoms with van der Waals surface area (Å²) in [6, 6.07) is 0. The smallest absolute Gasteiger partial charge is 0.144 e. The molecule has 0 spiro atoms. The van der Waals surface area contributed by atoms with Gasteiger partial charge in [-0.25, -0.2) is 9.97 Å². The van der Waals surface area contributed by atoms with Gasteiger partial charge in [0.2, 0.25) is 0 Å². The first-order chi connectivity index (χ1) is 5.68. The van der Waals surface area contributed by atoms with E-state index in [1.54, 1.807) is 12.4 Å². The van der Waals surface area contributed by atoms with E-state index in [9.17, 15) is 0 Å². The summed E-state index contributed by atoms with van der Waals surface area (Å²) >= 11 is 0. The largest absolute Gasteiger partial charge is 0.382 e. The van der Waals surface area contributed by atoms with Gasteiger partial charge in [0.1, 0.15) is 11.6 Å². The first kappa shape index (κ1) is 8.77. The zero-order valence-corrected chi connectivity index (χ0v) is 7.41. The molecule has 0 saturated carbocycles. The van der Waals surface area contributed by atoms with Crippen molar-refractivity contribution in [3.63, 3.8) is 0 Å². The number of anilines is 2. The number of nitrogens with two attached hydrogens (primary N) is 1. The topological polar surface area (TPSA) is 63.8 Å². The van der Waals surface area contributed by atoms with E-state index in [2.05, 4.69) is 29.1 Å². The van der Waals surface area contributed by atoms with Gasteiger partial charge in [-0.2, -0.15) is 0 Å². The van der Waals surface area contributed by atoms with Crippen molar-refractivity contribution in [3.8, 4) is 0 Å². The van der Waals surface area contributed by atoms with Gasteiger partial charge in [0.25, 0.3) is 0 Å². The second-order valence-corrected chi connectivity index (χ2v) is 3.10. The molecule has 1 rings (SSSR count). The monoisotopic (exact) mass is 166 g/mol. The van der Waals surface area contributed by atoms with Gasteiger partial charge in [-0.15, -0.1) is 0 Å². The van der Waals surface area contributed by atoms with Gasteiger partial charge in [-0.1, -0.05) is 13.8 Å². The first-order valence-electron chi connectivity index (χ1n) is 4.00. The van der Waals surface area contributed by atoms with Crippen LogP contribution < -0.4 is 11.1 Å². The number of hydrogen-bond donors (Lipinski definition) is 2. The molecule has 4 nitrogen and oxygen atoms in total. The van der Waals surface area contributed by atoms with Gasteiger partial charge in [-0.3, -0.25) is 0 Å². The highest BCUT2D eigenvalue weighted by Crippen LogP contribution is 2.02. The lowest BCUT2D eigenvalue weighted by atomic mass is 10.2. The molecule has 0 fully saturated rings. The van der Waals surface area contributed by atoms with Gasteiger partial charge in [-0.05, 0) is 5.92 Å². The standard InChI is InChI=1S/C8H14N4/c1-6(2)3-11-8-5-10-7(9)4-12-8/h4-6H,3H2,1-2H3,(H2,9,10)(H,11,12). The van der Waals surface area contributed by atoms with E-state index >= 15 is 0 Å². The number of nitrogen functional groups attached to an aromatic ring is 1.